The maximum atomic E-state index is 5.76. The third-order valence-corrected chi connectivity index (χ3v) is 3.93. The van der Waals surface area contributed by atoms with E-state index in [1.165, 1.54) is 11.8 Å². The Balaban J connectivity index is 2.18. The van der Waals surface area contributed by atoms with Crippen molar-refractivity contribution in [3.05, 3.63) is 23.2 Å². The van der Waals surface area contributed by atoms with Crippen LogP contribution in [0.15, 0.2) is 26.9 Å². The van der Waals surface area contributed by atoms with Crippen LogP contribution in [0.1, 0.15) is 12.6 Å². The number of ether oxygens (including phenoxy) is 1. The Kier molecular flexibility index (Phi) is 3.86. The summed E-state index contributed by atoms with van der Waals surface area (Å²) in [7, 11) is 0. The van der Waals surface area contributed by atoms with Gasteiger partial charge < -0.3 is 10.5 Å². The summed E-state index contributed by atoms with van der Waals surface area (Å²) in [6, 6.07) is 3.68. The van der Waals surface area contributed by atoms with Crippen molar-refractivity contribution < 1.29 is 4.74 Å². The van der Waals surface area contributed by atoms with Gasteiger partial charge in [0.05, 0.1) is 12.3 Å². The molecular weight excluding hydrogens is 254 g/mol. The lowest BCUT2D eigenvalue weighted by Gasteiger charge is -2.06. The number of nitrogens with two attached hydrogens (primary N) is 1. The predicted molar refractivity (Wildman–Crippen MR) is 70.8 cm³/mol. The SMILES string of the molecule is CCOc1nc(Sc2nc(C)cs2)ccc1N. The van der Waals surface area contributed by atoms with Gasteiger partial charge in [0.25, 0.3) is 0 Å². The van der Waals surface area contributed by atoms with Gasteiger partial charge in [0.2, 0.25) is 5.88 Å². The molecule has 6 heteroatoms. The van der Waals surface area contributed by atoms with Crippen molar-refractivity contribution >= 4 is 28.8 Å². The average molecular weight is 267 g/mol. The highest BCUT2D eigenvalue weighted by Crippen LogP contribution is 2.31. The van der Waals surface area contributed by atoms with Gasteiger partial charge >= 0.3 is 0 Å². The van der Waals surface area contributed by atoms with Crippen molar-refractivity contribution in [2.24, 2.45) is 0 Å². The minimum atomic E-state index is 0.491. The molecule has 17 heavy (non-hydrogen) atoms. The van der Waals surface area contributed by atoms with E-state index in [2.05, 4.69) is 9.97 Å². The molecule has 0 saturated heterocycles. The lowest BCUT2D eigenvalue weighted by Crippen LogP contribution is -1.99. The van der Waals surface area contributed by atoms with Gasteiger partial charge in [0.1, 0.15) is 5.03 Å². The summed E-state index contributed by atoms with van der Waals surface area (Å²) in [5.74, 6) is 0.491. The van der Waals surface area contributed by atoms with Gasteiger partial charge in [-0.25, -0.2) is 9.97 Å². The number of aryl methyl sites for hydroxylation is 1. The van der Waals surface area contributed by atoms with E-state index in [4.69, 9.17) is 10.5 Å². The molecule has 0 aliphatic heterocycles. The smallest absolute Gasteiger partial charge is 0.238 e. The Labute approximate surface area is 108 Å². The van der Waals surface area contributed by atoms with Crippen molar-refractivity contribution in [3.63, 3.8) is 0 Å². The van der Waals surface area contributed by atoms with Crippen molar-refractivity contribution in [1.29, 1.82) is 0 Å². The number of anilines is 1. The van der Waals surface area contributed by atoms with E-state index in [0.29, 0.717) is 18.2 Å². The summed E-state index contributed by atoms with van der Waals surface area (Å²) in [5.41, 5.74) is 7.35. The molecule has 0 saturated carbocycles. The molecule has 0 spiro atoms. The quantitative estimate of drug-likeness (QED) is 0.922. The first-order chi connectivity index (χ1) is 8.19. The first-order valence-corrected chi connectivity index (χ1v) is 6.88. The molecule has 0 aliphatic rings. The lowest BCUT2D eigenvalue weighted by molar-refractivity contribution is 0.326. The highest BCUT2D eigenvalue weighted by molar-refractivity contribution is 8.01. The van der Waals surface area contributed by atoms with Crippen LogP contribution in [-0.4, -0.2) is 16.6 Å². The number of aromatic nitrogens is 2. The van der Waals surface area contributed by atoms with Gasteiger partial charge in [-0.3, -0.25) is 0 Å². The van der Waals surface area contributed by atoms with Crippen LogP contribution >= 0.6 is 23.1 Å². The highest BCUT2D eigenvalue weighted by Gasteiger charge is 2.07. The van der Waals surface area contributed by atoms with E-state index in [-0.39, 0.29) is 0 Å². The third-order valence-electron chi connectivity index (χ3n) is 1.94. The summed E-state index contributed by atoms with van der Waals surface area (Å²) >= 11 is 3.13. The number of hydrogen-bond acceptors (Lipinski definition) is 6. The van der Waals surface area contributed by atoms with E-state index in [9.17, 15) is 0 Å². The number of hydrogen-bond donors (Lipinski definition) is 1. The largest absolute Gasteiger partial charge is 0.476 e. The summed E-state index contributed by atoms with van der Waals surface area (Å²) in [6.07, 6.45) is 0. The molecule has 0 aromatic carbocycles. The Hall–Kier alpha value is -1.27. The fourth-order valence-electron chi connectivity index (χ4n) is 1.21. The fourth-order valence-corrected chi connectivity index (χ4v) is 2.96. The number of nitrogens with zero attached hydrogens (tertiary/aromatic N) is 2. The van der Waals surface area contributed by atoms with Crippen LogP contribution < -0.4 is 10.5 Å². The van der Waals surface area contributed by atoms with Crippen molar-refractivity contribution in [2.45, 2.75) is 23.2 Å². The monoisotopic (exact) mass is 267 g/mol. The van der Waals surface area contributed by atoms with Crippen LogP contribution in [0.3, 0.4) is 0 Å². The van der Waals surface area contributed by atoms with Crippen LogP contribution in [0.25, 0.3) is 0 Å². The summed E-state index contributed by atoms with van der Waals surface area (Å²) in [5, 5.41) is 2.86. The molecule has 0 fully saturated rings. The lowest BCUT2D eigenvalue weighted by atomic mass is 10.4. The maximum Gasteiger partial charge on any atom is 0.238 e. The van der Waals surface area contributed by atoms with Crippen molar-refractivity contribution in [3.8, 4) is 5.88 Å². The zero-order chi connectivity index (χ0) is 12.3. The van der Waals surface area contributed by atoms with Gasteiger partial charge in [-0.15, -0.1) is 11.3 Å². The number of thiazole rings is 1. The fraction of sp³-hybridized carbons (Fsp3) is 0.273. The second-order valence-corrected chi connectivity index (χ2v) is 5.46. The van der Waals surface area contributed by atoms with Gasteiger partial charge in [-0.05, 0) is 37.7 Å². The third kappa shape index (κ3) is 3.10. The molecule has 0 aliphatic carbocycles. The summed E-state index contributed by atoms with van der Waals surface area (Å²) in [6.45, 7) is 4.44. The molecule has 4 nitrogen and oxygen atoms in total. The summed E-state index contributed by atoms with van der Waals surface area (Å²) < 4.78 is 6.33. The second-order valence-electron chi connectivity index (χ2n) is 3.33. The molecule has 2 N–H and O–H groups in total. The molecule has 0 bridgehead atoms. The van der Waals surface area contributed by atoms with E-state index >= 15 is 0 Å². The minimum absolute atomic E-state index is 0.491. The topological polar surface area (TPSA) is 61.0 Å². The van der Waals surface area contributed by atoms with Crippen LogP contribution in [0.4, 0.5) is 5.69 Å². The Morgan fingerprint density at radius 3 is 2.88 bits per heavy atom. The summed E-state index contributed by atoms with van der Waals surface area (Å²) in [4.78, 5) is 8.72. The predicted octanol–water partition coefficient (Wildman–Crippen LogP) is 2.98. The maximum absolute atomic E-state index is 5.76. The van der Waals surface area contributed by atoms with Gasteiger partial charge in [-0.1, -0.05) is 0 Å². The van der Waals surface area contributed by atoms with Crippen LogP contribution in [0.5, 0.6) is 5.88 Å². The average Bonchev–Trinajstić information content (AvgIpc) is 2.69. The van der Waals surface area contributed by atoms with Crippen LogP contribution in [0, 0.1) is 6.92 Å². The van der Waals surface area contributed by atoms with E-state index in [0.717, 1.165) is 15.1 Å². The van der Waals surface area contributed by atoms with Gasteiger partial charge in [0.15, 0.2) is 4.34 Å². The molecular formula is C11H13N3OS2. The molecule has 0 atom stereocenters. The zero-order valence-corrected chi connectivity index (χ0v) is 11.3. The normalized spacial score (nSPS) is 10.5. The second kappa shape index (κ2) is 5.37. The highest BCUT2D eigenvalue weighted by atomic mass is 32.2. The standard InChI is InChI=1S/C11H13N3OS2/c1-3-15-10-8(12)4-5-9(14-10)17-11-13-7(2)6-16-11/h4-6H,3,12H2,1-2H3. The number of rotatable bonds is 4. The molecule has 0 radical (unpaired) electrons. The van der Waals surface area contributed by atoms with E-state index in [1.54, 1.807) is 17.4 Å². The van der Waals surface area contributed by atoms with Gasteiger partial charge in [0, 0.05) is 11.1 Å². The number of pyridine rings is 1. The van der Waals surface area contributed by atoms with Crippen LogP contribution in [0.2, 0.25) is 0 Å². The molecule has 2 aromatic heterocycles. The number of nitrogen functional groups attached to an aromatic ring is 1. The zero-order valence-electron chi connectivity index (χ0n) is 9.64. The first-order valence-electron chi connectivity index (χ1n) is 5.18. The Morgan fingerprint density at radius 2 is 2.24 bits per heavy atom. The molecule has 90 valence electrons. The molecule has 0 amide bonds. The van der Waals surface area contributed by atoms with Crippen molar-refractivity contribution in [2.75, 3.05) is 12.3 Å². The molecule has 2 rings (SSSR count). The Bertz CT molecular complexity index is 513. The molecule has 2 heterocycles. The van der Waals surface area contributed by atoms with Gasteiger partial charge in [-0.2, -0.15) is 0 Å². The van der Waals surface area contributed by atoms with Crippen molar-refractivity contribution in [1.82, 2.24) is 9.97 Å². The van der Waals surface area contributed by atoms with Crippen LogP contribution in [-0.2, 0) is 0 Å². The first kappa shape index (κ1) is 12.2. The molecule has 0 unspecified atom stereocenters. The minimum Gasteiger partial charge on any atom is -0.476 e. The molecule has 2 aromatic rings. The van der Waals surface area contributed by atoms with E-state index in [1.807, 2.05) is 25.3 Å². The Morgan fingerprint density at radius 1 is 1.41 bits per heavy atom. The van der Waals surface area contributed by atoms with E-state index < -0.39 is 0 Å².